The number of methoxy groups -OCH3 is 1. The Hall–Kier alpha value is -5.93. The van der Waals surface area contributed by atoms with Crippen molar-refractivity contribution >= 4 is 43.9 Å². The second-order valence-electron chi connectivity index (χ2n) is 16.1. The van der Waals surface area contributed by atoms with E-state index in [-0.39, 0.29) is 10.8 Å². The maximum atomic E-state index is 6.60. The summed E-state index contributed by atoms with van der Waals surface area (Å²) < 4.78 is 9.05. The summed E-state index contributed by atoms with van der Waals surface area (Å²) in [5, 5.41) is 3.69. The van der Waals surface area contributed by atoms with Crippen LogP contribution in [0.3, 0.4) is 0 Å². The molecule has 3 nitrogen and oxygen atoms in total. The molecule has 0 saturated heterocycles. The van der Waals surface area contributed by atoms with Gasteiger partial charge < -0.3 is 9.30 Å². The number of allylic oxidation sites excluding steroid dienone is 8. The molecule has 2 heterocycles. The number of pyridine rings is 1. The second kappa shape index (κ2) is 12.0. The normalized spacial score (nSPS) is 20.1. The number of fused-ring (bicyclic) bond motifs is 7. The maximum Gasteiger partial charge on any atom is 0.146 e. The molecule has 0 N–H and O–H groups in total. The van der Waals surface area contributed by atoms with E-state index in [4.69, 9.17) is 9.72 Å². The minimum Gasteiger partial charge on any atom is -0.494 e. The van der Waals surface area contributed by atoms with Crippen molar-refractivity contribution in [3.05, 3.63) is 173 Å². The lowest BCUT2D eigenvalue weighted by atomic mass is 9.68. The van der Waals surface area contributed by atoms with Gasteiger partial charge in [-0.25, -0.2) is 4.98 Å². The number of benzene rings is 5. The van der Waals surface area contributed by atoms with E-state index in [0.717, 1.165) is 46.4 Å². The Labute approximate surface area is 317 Å². The summed E-state index contributed by atoms with van der Waals surface area (Å²) in [6, 6.07) is 41.9. The van der Waals surface area contributed by atoms with Crippen LogP contribution in [0.5, 0.6) is 5.75 Å². The molecule has 3 aliphatic rings. The zero-order valence-corrected chi connectivity index (χ0v) is 31.7. The van der Waals surface area contributed by atoms with E-state index in [1.807, 2.05) is 7.11 Å². The van der Waals surface area contributed by atoms with Crippen LogP contribution < -0.4 is 4.74 Å². The molecule has 0 aliphatic heterocycles. The summed E-state index contributed by atoms with van der Waals surface area (Å²) in [5.74, 6) is 1.45. The third-order valence-corrected chi connectivity index (χ3v) is 12.5. The summed E-state index contributed by atoms with van der Waals surface area (Å²) in [6.07, 6.45) is 13.7. The van der Waals surface area contributed by atoms with Crippen molar-refractivity contribution in [2.75, 3.05) is 7.11 Å². The van der Waals surface area contributed by atoms with Gasteiger partial charge in [0.1, 0.15) is 5.75 Å². The van der Waals surface area contributed by atoms with Crippen molar-refractivity contribution < 1.29 is 4.74 Å². The first-order valence-electron chi connectivity index (χ1n) is 19.3. The maximum absolute atomic E-state index is 6.60. The fourth-order valence-electron chi connectivity index (χ4n) is 9.72. The Kier molecular flexibility index (Phi) is 7.29. The fraction of sp³-hybridized carbons (Fsp3) is 0.196. The van der Waals surface area contributed by atoms with E-state index in [1.165, 1.54) is 60.8 Å². The molecule has 0 radical (unpaired) electrons. The highest BCUT2D eigenvalue weighted by atomic mass is 16.5. The lowest BCUT2D eigenvalue weighted by Gasteiger charge is -2.36. The van der Waals surface area contributed by atoms with Crippen molar-refractivity contribution in [1.29, 1.82) is 0 Å². The van der Waals surface area contributed by atoms with Crippen molar-refractivity contribution in [3.8, 4) is 22.7 Å². The van der Waals surface area contributed by atoms with Gasteiger partial charge in [0.15, 0.2) is 0 Å². The van der Waals surface area contributed by atoms with E-state index < -0.39 is 0 Å². The molecule has 0 spiro atoms. The lowest BCUT2D eigenvalue weighted by molar-refractivity contribution is 0.399. The van der Waals surface area contributed by atoms with Gasteiger partial charge in [-0.05, 0) is 88.6 Å². The van der Waals surface area contributed by atoms with Gasteiger partial charge in [-0.1, -0.05) is 137 Å². The number of para-hydroxylation sites is 3. The molecule has 7 aromatic rings. The van der Waals surface area contributed by atoms with Crippen LogP contribution in [-0.4, -0.2) is 16.7 Å². The summed E-state index contributed by atoms with van der Waals surface area (Å²) in [6.45, 7) is 9.51. The van der Waals surface area contributed by atoms with Crippen molar-refractivity contribution in [2.24, 2.45) is 5.92 Å². The Balaban J connectivity index is 1.20. The summed E-state index contributed by atoms with van der Waals surface area (Å²) >= 11 is 0. The third-order valence-electron chi connectivity index (χ3n) is 12.5. The van der Waals surface area contributed by atoms with Crippen LogP contribution >= 0.6 is 0 Å². The number of nitrogens with zero attached hydrogens (tertiary/aromatic N) is 2. The van der Waals surface area contributed by atoms with Crippen LogP contribution in [0.25, 0.3) is 60.8 Å². The molecule has 264 valence electrons. The summed E-state index contributed by atoms with van der Waals surface area (Å²) in [7, 11) is 1.84. The average Bonchev–Trinajstić information content (AvgIpc) is 3.64. The number of rotatable bonds is 5. The van der Waals surface area contributed by atoms with Crippen LogP contribution in [0.2, 0.25) is 0 Å². The first kappa shape index (κ1) is 32.7. The second-order valence-corrected chi connectivity index (χ2v) is 16.1. The molecule has 10 rings (SSSR count). The van der Waals surface area contributed by atoms with Gasteiger partial charge in [0.25, 0.3) is 0 Å². The molecule has 0 amide bonds. The Morgan fingerprint density at radius 2 is 1.50 bits per heavy atom. The average molecular weight is 701 g/mol. The SMILES string of the molecule is COc1c(-n2c3ccccc3c3cc4c(cc32)C2=CCC(C)C=C2C4(C)C)cccc1C1(C)CC=CC=C1c1cc(-c2ccccc2)nc2ccccc12. The Morgan fingerprint density at radius 3 is 2.33 bits per heavy atom. The van der Waals surface area contributed by atoms with E-state index in [9.17, 15) is 0 Å². The highest BCUT2D eigenvalue weighted by Crippen LogP contribution is 2.55. The quantitative estimate of drug-likeness (QED) is 0.179. The minimum atomic E-state index is -0.387. The topological polar surface area (TPSA) is 27.1 Å². The van der Waals surface area contributed by atoms with Gasteiger partial charge in [-0.15, -0.1) is 0 Å². The molecular weight excluding hydrogens is 657 g/mol. The first-order valence-corrected chi connectivity index (χ1v) is 19.3. The molecule has 0 saturated carbocycles. The molecule has 0 fully saturated rings. The van der Waals surface area contributed by atoms with Crippen LogP contribution in [0.4, 0.5) is 0 Å². The minimum absolute atomic E-state index is 0.0474. The third kappa shape index (κ3) is 4.70. The molecule has 54 heavy (non-hydrogen) atoms. The Bertz CT molecular complexity index is 2810. The predicted molar refractivity (Wildman–Crippen MR) is 226 cm³/mol. The number of hydrogen-bond acceptors (Lipinski definition) is 2. The van der Waals surface area contributed by atoms with Gasteiger partial charge in [0.05, 0.1) is 35.0 Å². The molecule has 2 atom stereocenters. The zero-order chi connectivity index (χ0) is 36.8. The summed E-state index contributed by atoms with van der Waals surface area (Å²) in [5.41, 5.74) is 15.4. The van der Waals surface area contributed by atoms with Gasteiger partial charge in [0.2, 0.25) is 0 Å². The molecule has 0 bridgehead atoms. The predicted octanol–water partition coefficient (Wildman–Crippen LogP) is 12.9. The molecule has 2 unspecified atom stereocenters. The van der Waals surface area contributed by atoms with Crippen LogP contribution in [-0.2, 0) is 10.8 Å². The number of hydrogen-bond donors (Lipinski definition) is 0. The standard InChI is InChI=1S/C51H44N2O/c1-32-25-26-34-38-31-48-39(29-43(38)50(2,3)42(34)28-32)36-19-10-12-23-46(36)53(48)47-24-15-21-41(49(47)54-5)51(4)27-14-13-20-40(51)37-30-45(33-16-7-6-8-17-33)52-44-22-11-9-18-35(37)44/h6-24,26,28-32H,25,27H2,1-5H3. The van der Waals surface area contributed by atoms with Crippen LogP contribution in [0.15, 0.2) is 151 Å². The molecule has 2 aromatic heterocycles. The van der Waals surface area contributed by atoms with Gasteiger partial charge in [-0.2, -0.15) is 0 Å². The van der Waals surface area contributed by atoms with Crippen molar-refractivity contribution in [1.82, 2.24) is 9.55 Å². The van der Waals surface area contributed by atoms with Gasteiger partial charge in [-0.3, -0.25) is 0 Å². The fourth-order valence-corrected chi connectivity index (χ4v) is 9.72. The van der Waals surface area contributed by atoms with E-state index in [0.29, 0.717) is 5.92 Å². The first-order chi connectivity index (χ1) is 26.3. The Morgan fingerprint density at radius 1 is 0.722 bits per heavy atom. The van der Waals surface area contributed by atoms with Crippen molar-refractivity contribution in [2.45, 2.75) is 51.4 Å². The van der Waals surface area contributed by atoms with Crippen LogP contribution in [0, 0.1) is 5.92 Å². The highest BCUT2D eigenvalue weighted by Gasteiger charge is 2.41. The van der Waals surface area contributed by atoms with Crippen LogP contribution in [0.1, 0.15) is 62.8 Å². The molecule has 3 heteroatoms. The molecule has 5 aromatic carbocycles. The van der Waals surface area contributed by atoms with Crippen molar-refractivity contribution in [3.63, 3.8) is 0 Å². The summed E-state index contributed by atoms with van der Waals surface area (Å²) in [4.78, 5) is 5.14. The lowest BCUT2D eigenvalue weighted by Crippen LogP contribution is -2.26. The zero-order valence-electron chi connectivity index (χ0n) is 31.7. The van der Waals surface area contributed by atoms with Gasteiger partial charge >= 0.3 is 0 Å². The van der Waals surface area contributed by atoms with E-state index >= 15 is 0 Å². The largest absolute Gasteiger partial charge is 0.494 e. The molecular formula is C51H44N2O. The number of aromatic nitrogens is 2. The van der Waals surface area contributed by atoms with E-state index in [2.05, 4.69) is 178 Å². The highest BCUT2D eigenvalue weighted by molar-refractivity contribution is 6.12. The van der Waals surface area contributed by atoms with E-state index in [1.54, 1.807) is 0 Å². The molecule has 3 aliphatic carbocycles. The van der Waals surface area contributed by atoms with Gasteiger partial charge in [0, 0.05) is 38.1 Å². The monoisotopic (exact) mass is 700 g/mol. The number of ether oxygens (including phenoxy) is 1. The smallest absolute Gasteiger partial charge is 0.146 e.